The van der Waals surface area contributed by atoms with Crippen molar-refractivity contribution in [1.82, 2.24) is 0 Å². The van der Waals surface area contributed by atoms with Crippen molar-refractivity contribution in [2.75, 3.05) is 4.90 Å². The molecule has 21 heavy (non-hydrogen) atoms. The zero-order chi connectivity index (χ0) is 15.8. The predicted molar refractivity (Wildman–Crippen MR) is 89.6 cm³/mol. The average molecular weight is 290 g/mol. The summed E-state index contributed by atoms with van der Waals surface area (Å²) in [6.07, 6.45) is 1.04. The average Bonchev–Trinajstić information content (AvgIpc) is 2.58. The van der Waals surface area contributed by atoms with Crippen molar-refractivity contribution in [3.63, 3.8) is 0 Å². The van der Waals surface area contributed by atoms with Crippen LogP contribution in [0.25, 0.3) is 0 Å². The zero-order valence-electron chi connectivity index (χ0n) is 14.3. The van der Waals surface area contributed by atoms with E-state index in [9.17, 15) is 0 Å². The molecule has 0 bridgehead atoms. The van der Waals surface area contributed by atoms with Gasteiger partial charge in [0, 0.05) is 18.3 Å². The van der Waals surface area contributed by atoms with Crippen LogP contribution < -0.4 is 10.6 Å². The second-order valence-corrected chi connectivity index (χ2v) is 7.56. The maximum absolute atomic E-state index is 6.28. The standard InChI is InChI=1S/C18H30N2O/c1-13(2)20(15-9-7-14(12-19)8-10-15)16-11-17(3,4)21-18(16,5)6/h7-10,13,16H,11-12,19H2,1-6H3. The zero-order valence-corrected chi connectivity index (χ0v) is 14.3. The number of rotatable bonds is 4. The maximum Gasteiger partial charge on any atom is 0.0837 e. The summed E-state index contributed by atoms with van der Waals surface area (Å²) in [5.41, 5.74) is 7.90. The van der Waals surface area contributed by atoms with Gasteiger partial charge in [0.2, 0.25) is 0 Å². The molecule has 1 aromatic rings. The number of ether oxygens (including phenoxy) is 1. The van der Waals surface area contributed by atoms with Gasteiger partial charge in [-0.3, -0.25) is 0 Å². The second-order valence-electron chi connectivity index (χ2n) is 7.56. The molecule has 1 aromatic carbocycles. The molecular weight excluding hydrogens is 260 g/mol. The van der Waals surface area contributed by atoms with E-state index >= 15 is 0 Å². The van der Waals surface area contributed by atoms with Gasteiger partial charge < -0.3 is 15.4 Å². The second kappa shape index (κ2) is 5.62. The molecule has 0 aliphatic carbocycles. The minimum absolute atomic E-state index is 0.0709. The highest BCUT2D eigenvalue weighted by atomic mass is 16.5. The predicted octanol–water partition coefficient (Wildman–Crippen LogP) is 3.71. The van der Waals surface area contributed by atoms with E-state index in [-0.39, 0.29) is 11.2 Å². The first-order valence-electron chi connectivity index (χ1n) is 7.94. The lowest BCUT2D eigenvalue weighted by Gasteiger charge is -2.40. The lowest BCUT2D eigenvalue weighted by molar-refractivity contribution is -0.0682. The van der Waals surface area contributed by atoms with Crippen molar-refractivity contribution in [3.05, 3.63) is 29.8 Å². The molecule has 1 fully saturated rings. The van der Waals surface area contributed by atoms with Gasteiger partial charge in [0.05, 0.1) is 17.2 Å². The van der Waals surface area contributed by atoms with E-state index in [1.54, 1.807) is 0 Å². The third-order valence-electron chi connectivity index (χ3n) is 4.39. The lowest BCUT2D eigenvalue weighted by Crippen LogP contribution is -2.50. The SMILES string of the molecule is CC(C)N(c1ccc(CN)cc1)C1CC(C)(C)OC1(C)C. The molecule has 0 amide bonds. The van der Waals surface area contributed by atoms with E-state index in [0.29, 0.717) is 18.6 Å². The smallest absolute Gasteiger partial charge is 0.0837 e. The van der Waals surface area contributed by atoms with Crippen molar-refractivity contribution in [2.24, 2.45) is 5.73 Å². The van der Waals surface area contributed by atoms with Gasteiger partial charge in [0.1, 0.15) is 0 Å². The van der Waals surface area contributed by atoms with Gasteiger partial charge >= 0.3 is 0 Å². The summed E-state index contributed by atoms with van der Waals surface area (Å²) in [5, 5.41) is 0. The van der Waals surface area contributed by atoms with Crippen LogP contribution in [0.5, 0.6) is 0 Å². The summed E-state index contributed by atoms with van der Waals surface area (Å²) >= 11 is 0. The number of benzene rings is 1. The third kappa shape index (κ3) is 3.41. The molecule has 1 atom stereocenters. The van der Waals surface area contributed by atoms with Gasteiger partial charge in [-0.15, -0.1) is 0 Å². The minimum atomic E-state index is -0.152. The van der Waals surface area contributed by atoms with Crippen molar-refractivity contribution < 1.29 is 4.74 Å². The molecule has 1 unspecified atom stereocenters. The van der Waals surface area contributed by atoms with Crippen LogP contribution in [0.15, 0.2) is 24.3 Å². The maximum atomic E-state index is 6.28. The molecule has 1 saturated heterocycles. The molecule has 1 aliphatic rings. The lowest BCUT2D eigenvalue weighted by atomic mass is 9.91. The van der Waals surface area contributed by atoms with Gasteiger partial charge in [0.25, 0.3) is 0 Å². The van der Waals surface area contributed by atoms with Crippen molar-refractivity contribution in [2.45, 2.75) is 77.8 Å². The Labute approximate surface area is 129 Å². The topological polar surface area (TPSA) is 38.5 Å². The largest absolute Gasteiger partial charge is 0.367 e. The number of nitrogens with zero attached hydrogens (tertiary/aromatic N) is 1. The Kier molecular flexibility index (Phi) is 4.36. The normalized spacial score (nSPS) is 23.5. The molecule has 1 heterocycles. The van der Waals surface area contributed by atoms with Gasteiger partial charge in [-0.25, -0.2) is 0 Å². The number of hydrogen-bond acceptors (Lipinski definition) is 3. The summed E-state index contributed by atoms with van der Waals surface area (Å²) in [6.45, 7) is 13.9. The molecule has 3 nitrogen and oxygen atoms in total. The van der Waals surface area contributed by atoms with Crippen LogP contribution in [0, 0.1) is 0 Å². The Hall–Kier alpha value is -1.06. The van der Waals surface area contributed by atoms with E-state index < -0.39 is 0 Å². The molecule has 0 aromatic heterocycles. The fourth-order valence-corrected chi connectivity index (χ4v) is 3.61. The molecule has 3 heteroatoms. The van der Waals surface area contributed by atoms with Crippen LogP contribution in [0.1, 0.15) is 53.5 Å². The minimum Gasteiger partial charge on any atom is -0.367 e. The highest BCUT2D eigenvalue weighted by Crippen LogP contribution is 2.42. The van der Waals surface area contributed by atoms with Gasteiger partial charge in [-0.1, -0.05) is 12.1 Å². The Bertz CT molecular complexity index is 476. The summed E-state index contributed by atoms with van der Waals surface area (Å²) in [5.74, 6) is 0. The number of hydrogen-bond donors (Lipinski definition) is 1. The first-order chi connectivity index (χ1) is 9.66. The molecule has 118 valence electrons. The molecule has 0 spiro atoms. The Morgan fingerprint density at radius 1 is 1.19 bits per heavy atom. The molecule has 0 radical (unpaired) electrons. The van der Waals surface area contributed by atoms with E-state index in [1.165, 1.54) is 11.3 Å². The Morgan fingerprint density at radius 2 is 1.76 bits per heavy atom. The number of nitrogens with two attached hydrogens (primary N) is 1. The van der Waals surface area contributed by atoms with Crippen molar-refractivity contribution in [1.29, 1.82) is 0 Å². The van der Waals surface area contributed by atoms with Gasteiger partial charge in [-0.05, 0) is 65.7 Å². The molecule has 1 aliphatic heterocycles. The first-order valence-corrected chi connectivity index (χ1v) is 7.94. The molecule has 2 rings (SSSR count). The van der Waals surface area contributed by atoms with Crippen LogP contribution in [0.2, 0.25) is 0 Å². The first kappa shape index (κ1) is 16.3. The molecular formula is C18H30N2O. The number of anilines is 1. The molecule has 0 saturated carbocycles. The Morgan fingerprint density at radius 3 is 2.14 bits per heavy atom. The van der Waals surface area contributed by atoms with Crippen molar-refractivity contribution >= 4 is 5.69 Å². The summed E-state index contributed by atoms with van der Waals surface area (Å²) in [6, 6.07) is 9.41. The monoisotopic (exact) mass is 290 g/mol. The quantitative estimate of drug-likeness (QED) is 0.918. The van der Waals surface area contributed by atoms with Gasteiger partial charge in [-0.2, -0.15) is 0 Å². The van der Waals surface area contributed by atoms with Gasteiger partial charge in [0.15, 0.2) is 0 Å². The van der Waals surface area contributed by atoms with Crippen LogP contribution in [-0.2, 0) is 11.3 Å². The fourth-order valence-electron chi connectivity index (χ4n) is 3.61. The molecule has 2 N–H and O–H groups in total. The van der Waals surface area contributed by atoms with Crippen LogP contribution >= 0.6 is 0 Å². The summed E-state index contributed by atoms with van der Waals surface area (Å²) in [4.78, 5) is 2.50. The van der Waals surface area contributed by atoms with Crippen LogP contribution in [0.3, 0.4) is 0 Å². The highest BCUT2D eigenvalue weighted by molar-refractivity contribution is 5.50. The summed E-state index contributed by atoms with van der Waals surface area (Å²) in [7, 11) is 0. The Balaban J connectivity index is 2.34. The van der Waals surface area contributed by atoms with E-state index in [1.807, 2.05) is 0 Å². The van der Waals surface area contributed by atoms with E-state index in [0.717, 1.165) is 6.42 Å². The highest BCUT2D eigenvalue weighted by Gasteiger charge is 2.49. The van der Waals surface area contributed by atoms with Crippen LogP contribution in [-0.4, -0.2) is 23.3 Å². The fraction of sp³-hybridized carbons (Fsp3) is 0.667. The van der Waals surface area contributed by atoms with Crippen LogP contribution in [0.4, 0.5) is 5.69 Å². The van der Waals surface area contributed by atoms with E-state index in [4.69, 9.17) is 10.5 Å². The third-order valence-corrected chi connectivity index (χ3v) is 4.39. The summed E-state index contributed by atoms with van der Waals surface area (Å²) < 4.78 is 6.28. The van der Waals surface area contributed by atoms with E-state index in [2.05, 4.69) is 70.7 Å². The van der Waals surface area contributed by atoms with Crippen molar-refractivity contribution in [3.8, 4) is 0 Å².